The standard InChI is InChI=1S/C26H41N5O3/c1-24(2,29-3)21(30(4)5)23(33)34-26-11-15-6-16(12-26)10-25(9-15,14-26)20(28)22(32)31-18(13-27)7-17-8-19(17)31/h15-21,29H,6-12,14,28H2,1-5H3/t15?,16?,17-,18+,19+,20-,21-,25?,26?/m1/s1. The van der Waals surface area contributed by atoms with Crippen LogP contribution in [-0.2, 0) is 14.3 Å². The average Bonchev–Trinajstić information content (AvgIpc) is 3.40. The molecule has 1 heterocycles. The first kappa shape index (κ1) is 24.0. The number of carbonyl (C=O) groups is 2. The molecular weight excluding hydrogens is 430 g/mol. The van der Waals surface area contributed by atoms with Gasteiger partial charge in [0.15, 0.2) is 0 Å². The van der Waals surface area contributed by atoms with E-state index >= 15 is 0 Å². The van der Waals surface area contributed by atoms with Crippen LogP contribution in [0.15, 0.2) is 0 Å². The minimum atomic E-state index is -0.634. The van der Waals surface area contributed by atoms with Crippen LogP contribution in [0.4, 0.5) is 0 Å². The molecular formula is C26H41N5O3. The topological polar surface area (TPSA) is 112 Å². The SMILES string of the molecule is CNC(C)(C)[C@@H](C(=O)OC12CC3CC(C1)CC([C@H](N)C(=O)N1[C@H](C#N)C[C@@H]4C[C@@H]41)(C3)C2)N(C)C. The van der Waals surface area contributed by atoms with Crippen LogP contribution in [0.1, 0.15) is 65.2 Å². The van der Waals surface area contributed by atoms with Crippen molar-refractivity contribution < 1.29 is 14.3 Å². The Hall–Kier alpha value is -1.69. The molecule has 5 saturated carbocycles. The van der Waals surface area contributed by atoms with E-state index in [-0.39, 0.29) is 29.4 Å². The third kappa shape index (κ3) is 3.66. The normalized spacial score (nSPS) is 41.7. The summed E-state index contributed by atoms with van der Waals surface area (Å²) in [5.41, 5.74) is 5.48. The highest BCUT2D eigenvalue weighted by Gasteiger charge is 2.64. The largest absolute Gasteiger partial charge is 0.458 e. The number of hydrogen-bond acceptors (Lipinski definition) is 7. The number of likely N-dealkylation sites (N-methyl/N-ethyl adjacent to an activating group) is 2. The first-order chi connectivity index (χ1) is 15.9. The zero-order valence-corrected chi connectivity index (χ0v) is 21.3. The molecule has 6 aliphatic rings. The molecule has 6 fully saturated rings. The summed E-state index contributed by atoms with van der Waals surface area (Å²) in [6.07, 6.45) is 7.17. The summed E-state index contributed by atoms with van der Waals surface area (Å²) < 4.78 is 6.46. The monoisotopic (exact) mass is 471 g/mol. The Morgan fingerprint density at radius 1 is 1.18 bits per heavy atom. The van der Waals surface area contributed by atoms with E-state index in [1.165, 1.54) is 0 Å². The van der Waals surface area contributed by atoms with Crippen LogP contribution in [0, 0.1) is 34.5 Å². The Balaban J connectivity index is 1.38. The van der Waals surface area contributed by atoms with E-state index in [2.05, 4.69) is 11.4 Å². The second kappa shape index (κ2) is 7.91. The molecule has 1 saturated heterocycles. The summed E-state index contributed by atoms with van der Waals surface area (Å²) in [5.74, 6) is 1.08. The molecule has 1 aliphatic heterocycles. The van der Waals surface area contributed by atoms with Crippen molar-refractivity contribution in [3.63, 3.8) is 0 Å². The molecule has 0 aromatic rings. The lowest BCUT2D eigenvalue weighted by Crippen LogP contribution is -2.67. The number of piperidine rings is 1. The lowest BCUT2D eigenvalue weighted by Gasteiger charge is -2.62. The maximum Gasteiger partial charge on any atom is 0.325 e. The first-order valence-electron chi connectivity index (χ1n) is 13.0. The number of fused-ring (bicyclic) bond motifs is 1. The highest BCUT2D eigenvalue weighted by atomic mass is 16.6. The Morgan fingerprint density at radius 2 is 1.82 bits per heavy atom. The van der Waals surface area contributed by atoms with Gasteiger partial charge in [-0.25, -0.2) is 0 Å². The third-order valence-electron chi connectivity index (χ3n) is 9.87. The van der Waals surface area contributed by atoms with Gasteiger partial charge in [0.2, 0.25) is 5.91 Å². The Labute approximate surface area is 203 Å². The molecule has 0 aromatic heterocycles. The Kier molecular flexibility index (Phi) is 5.59. The maximum absolute atomic E-state index is 13.7. The van der Waals surface area contributed by atoms with E-state index in [1.807, 2.05) is 44.8 Å². The molecule has 0 radical (unpaired) electrons. The van der Waals surface area contributed by atoms with Crippen LogP contribution in [0.25, 0.3) is 0 Å². The number of hydrogen-bond donors (Lipinski definition) is 2. The van der Waals surface area contributed by atoms with Gasteiger partial charge in [-0.2, -0.15) is 5.26 Å². The van der Waals surface area contributed by atoms with Crippen molar-refractivity contribution in [2.24, 2.45) is 28.9 Å². The molecule has 34 heavy (non-hydrogen) atoms. The smallest absolute Gasteiger partial charge is 0.325 e. The van der Waals surface area contributed by atoms with Gasteiger partial charge in [-0.05, 0) is 110 Å². The third-order valence-corrected chi connectivity index (χ3v) is 9.87. The summed E-state index contributed by atoms with van der Waals surface area (Å²) >= 11 is 0. The van der Waals surface area contributed by atoms with E-state index in [1.54, 1.807) is 0 Å². The number of nitrogens with two attached hydrogens (primary N) is 1. The van der Waals surface area contributed by atoms with Crippen LogP contribution >= 0.6 is 0 Å². The fourth-order valence-electron chi connectivity index (χ4n) is 8.60. The number of ether oxygens (including phenoxy) is 1. The Bertz CT molecular complexity index is 897. The van der Waals surface area contributed by atoms with Gasteiger partial charge in [0.05, 0.1) is 12.1 Å². The van der Waals surface area contributed by atoms with Crippen LogP contribution < -0.4 is 11.1 Å². The van der Waals surface area contributed by atoms with Gasteiger partial charge in [-0.15, -0.1) is 0 Å². The molecule has 2 unspecified atom stereocenters. The fraction of sp³-hybridized carbons (Fsp3) is 0.885. The van der Waals surface area contributed by atoms with E-state index in [0.29, 0.717) is 24.2 Å². The van der Waals surface area contributed by atoms with Gasteiger partial charge in [-0.1, -0.05) is 0 Å². The second-order valence-electron chi connectivity index (χ2n) is 12.9. The molecule has 8 nitrogen and oxygen atoms in total. The minimum Gasteiger partial charge on any atom is -0.458 e. The maximum atomic E-state index is 13.7. The van der Waals surface area contributed by atoms with Gasteiger partial charge >= 0.3 is 5.97 Å². The molecule has 188 valence electrons. The fourth-order valence-corrected chi connectivity index (χ4v) is 8.60. The lowest BCUT2D eigenvalue weighted by molar-refractivity contribution is -0.210. The predicted octanol–water partition coefficient (Wildman–Crippen LogP) is 1.64. The van der Waals surface area contributed by atoms with Crippen molar-refractivity contribution in [2.75, 3.05) is 21.1 Å². The van der Waals surface area contributed by atoms with Crippen molar-refractivity contribution in [3.05, 3.63) is 0 Å². The van der Waals surface area contributed by atoms with Crippen LogP contribution in [0.2, 0.25) is 0 Å². The van der Waals surface area contributed by atoms with Gasteiger partial charge in [0.25, 0.3) is 0 Å². The van der Waals surface area contributed by atoms with Crippen molar-refractivity contribution in [3.8, 4) is 6.07 Å². The highest BCUT2D eigenvalue weighted by Crippen LogP contribution is 2.64. The van der Waals surface area contributed by atoms with E-state index in [4.69, 9.17) is 10.5 Å². The van der Waals surface area contributed by atoms with Crippen molar-refractivity contribution in [2.45, 2.75) is 101 Å². The van der Waals surface area contributed by atoms with Crippen LogP contribution in [0.3, 0.4) is 0 Å². The second-order valence-corrected chi connectivity index (χ2v) is 12.9. The number of likely N-dealkylation sites (tertiary alicyclic amines) is 1. The van der Waals surface area contributed by atoms with Crippen molar-refractivity contribution in [1.82, 2.24) is 15.1 Å². The van der Waals surface area contributed by atoms with E-state index < -0.39 is 23.2 Å². The molecule has 4 bridgehead atoms. The van der Waals surface area contributed by atoms with Gasteiger partial charge < -0.3 is 20.7 Å². The van der Waals surface area contributed by atoms with E-state index in [0.717, 1.165) is 44.9 Å². The van der Waals surface area contributed by atoms with Crippen molar-refractivity contribution >= 4 is 11.9 Å². The average molecular weight is 472 g/mol. The molecule has 8 heteroatoms. The molecule has 0 spiro atoms. The number of amides is 1. The molecule has 5 aliphatic carbocycles. The van der Waals surface area contributed by atoms with E-state index in [9.17, 15) is 14.9 Å². The molecule has 7 atom stereocenters. The molecule has 3 N–H and O–H groups in total. The molecule has 1 amide bonds. The lowest BCUT2D eigenvalue weighted by atomic mass is 9.46. The number of carbonyl (C=O) groups excluding carboxylic acids is 2. The summed E-state index contributed by atoms with van der Waals surface area (Å²) in [7, 11) is 5.69. The summed E-state index contributed by atoms with van der Waals surface area (Å²) in [6.45, 7) is 4.03. The van der Waals surface area contributed by atoms with Crippen LogP contribution in [-0.4, -0.2) is 78.1 Å². The number of esters is 1. The molecule has 0 aromatic carbocycles. The zero-order chi connectivity index (χ0) is 24.6. The number of nitrogens with zero attached hydrogens (tertiary/aromatic N) is 3. The zero-order valence-electron chi connectivity index (χ0n) is 21.3. The summed E-state index contributed by atoms with van der Waals surface area (Å²) in [6, 6.07) is 1.13. The number of nitrogens with one attached hydrogen (secondary N) is 1. The van der Waals surface area contributed by atoms with Crippen molar-refractivity contribution in [1.29, 1.82) is 5.26 Å². The summed E-state index contributed by atoms with van der Waals surface area (Å²) in [4.78, 5) is 31.0. The van der Waals surface area contributed by atoms with Crippen LogP contribution in [0.5, 0.6) is 0 Å². The predicted molar refractivity (Wildman–Crippen MR) is 127 cm³/mol. The quantitative estimate of drug-likeness (QED) is 0.543. The number of nitriles is 1. The van der Waals surface area contributed by atoms with Gasteiger partial charge in [0, 0.05) is 11.6 Å². The minimum absolute atomic E-state index is 0.0533. The highest BCUT2D eigenvalue weighted by molar-refractivity contribution is 5.84. The molecule has 6 rings (SSSR count). The van der Waals surface area contributed by atoms with Gasteiger partial charge in [0.1, 0.15) is 17.7 Å². The number of rotatable bonds is 7. The Morgan fingerprint density at radius 3 is 2.38 bits per heavy atom. The first-order valence-corrected chi connectivity index (χ1v) is 13.0. The summed E-state index contributed by atoms with van der Waals surface area (Å²) in [5, 5.41) is 12.9. The van der Waals surface area contributed by atoms with Gasteiger partial charge in [-0.3, -0.25) is 14.5 Å².